The molecule has 1 rings (SSSR count). The monoisotopic (exact) mass is 257 g/mol. The van der Waals surface area contributed by atoms with Crippen molar-refractivity contribution in [3.05, 3.63) is 16.1 Å². The van der Waals surface area contributed by atoms with E-state index in [1.165, 1.54) is 11.3 Å². The molecule has 1 aromatic rings. The molecule has 0 saturated heterocycles. The lowest BCUT2D eigenvalue weighted by Crippen LogP contribution is -2.42. The van der Waals surface area contributed by atoms with Crippen molar-refractivity contribution in [2.45, 2.75) is 39.3 Å². The highest BCUT2D eigenvalue weighted by Crippen LogP contribution is 2.17. The van der Waals surface area contributed by atoms with Crippen LogP contribution in [0.5, 0.6) is 0 Å². The first-order valence-electron chi connectivity index (χ1n) is 5.63. The van der Waals surface area contributed by atoms with Crippen molar-refractivity contribution in [2.75, 3.05) is 6.61 Å². The van der Waals surface area contributed by atoms with Crippen LogP contribution in [0.1, 0.15) is 37.0 Å². The van der Waals surface area contributed by atoms with Crippen LogP contribution in [0, 0.1) is 6.92 Å². The second-order valence-electron chi connectivity index (χ2n) is 4.08. The molecular formula is C11H19N3O2S. The number of aliphatic hydroxyl groups is 1. The van der Waals surface area contributed by atoms with Gasteiger partial charge < -0.3 is 15.7 Å². The van der Waals surface area contributed by atoms with Gasteiger partial charge in [-0.2, -0.15) is 0 Å². The van der Waals surface area contributed by atoms with E-state index in [1.54, 1.807) is 0 Å². The summed E-state index contributed by atoms with van der Waals surface area (Å²) in [4.78, 5) is 15.9. The van der Waals surface area contributed by atoms with Crippen molar-refractivity contribution in [2.24, 2.45) is 0 Å². The summed E-state index contributed by atoms with van der Waals surface area (Å²) in [6.07, 6.45) is 0.554. The fraction of sp³-hybridized carbons (Fsp3) is 0.636. The van der Waals surface area contributed by atoms with E-state index in [0.29, 0.717) is 6.42 Å². The van der Waals surface area contributed by atoms with E-state index >= 15 is 0 Å². The smallest absolute Gasteiger partial charge is 0.315 e. The predicted molar refractivity (Wildman–Crippen MR) is 68.1 cm³/mol. The van der Waals surface area contributed by atoms with Gasteiger partial charge in [0.1, 0.15) is 5.01 Å². The van der Waals surface area contributed by atoms with Crippen LogP contribution in [-0.2, 0) is 0 Å². The summed E-state index contributed by atoms with van der Waals surface area (Å²) in [5.74, 6) is 0. The van der Waals surface area contributed by atoms with Gasteiger partial charge in [0.2, 0.25) is 0 Å². The summed E-state index contributed by atoms with van der Waals surface area (Å²) in [5.41, 5.74) is 0.965. The van der Waals surface area contributed by atoms with Gasteiger partial charge in [0.15, 0.2) is 0 Å². The van der Waals surface area contributed by atoms with E-state index in [9.17, 15) is 4.79 Å². The maximum Gasteiger partial charge on any atom is 0.315 e. The summed E-state index contributed by atoms with van der Waals surface area (Å²) in [7, 11) is 0. The van der Waals surface area contributed by atoms with Gasteiger partial charge >= 0.3 is 6.03 Å². The predicted octanol–water partition coefficient (Wildman–Crippen LogP) is 1.58. The van der Waals surface area contributed by atoms with Gasteiger partial charge in [0, 0.05) is 23.7 Å². The molecule has 2 amide bonds. The lowest BCUT2D eigenvalue weighted by Gasteiger charge is -2.16. The number of nitrogens with zero attached hydrogens (tertiary/aromatic N) is 1. The van der Waals surface area contributed by atoms with Crippen LogP contribution >= 0.6 is 11.3 Å². The normalized spacial score (nSPS) is 14.1. The first-order chi connectivity index (χ1) is 8.02. The second kappa shape index (κ2) is 6.56. The number of nitrogens with one attached hydrogen (secondary N) is 2. The molecule has 1 unspecified atom stereocenters. The van der Waals surface area contributed by atoms with Crippen LogP contribution in [0.3, 0.4) is 0 Å². The number of aryl methyl sites for hydroxylation is 1. The highest BCUT2D eigenvalue weighted by molar-refractivity contribution is 7.09. The van der Waals surface area contributed by atoms with Crippen molar-refractivity contribution >= 4 is 17.4 Å². The fourth-order valence-corrected chi connectivity index (χ4v) is 2.16. The number of aromatic nitrogens is 1. The number of hydrogen-bond donors (Lipinski definition) is 3. The molecule has 1 heterocycles. The van der Waals surface area contributed by atoms with Crippen LogP contribution < -0.4 is 10.6 Å². The van der Waals surface area contributed by atoms with Gasteiger partial charge in [0.05, 0.1) is 6.04 Å². The molecule has 0 saturated carbocycles. The van der Waals surface area contributed by atoms with E-state index in [4.69, 9.17) is 5.11 Å². The maximum absolute atomic E-state index is 11.6. The Kier molecular flexibility index (Phi) is 5.37. The number of aliphatic hydroxyl groups excluding tert-OH is 1. The van der Waals surface area contributed by atoms with Crippen molar-refractivity contribution < 1.29 is 9.90 Å². The lowest BCUT2D eigenvalue weighted by molar-refractivity contribution is 0.228. The molecule has 96 valence electrons. The minimum absolute atomic E-state index is 0.0368. The molecule has 1 aromatic heterocycles. The van der Waals surface area contributed by atoms with Gasteiger partial charge in [-0.15, -0.1) is 11.3 Å². The van der Waals surface area contributed by atoms with E-state index in [2.05, 4.69) is 15.6 Å². The van der Waals surface area contributed by atoms with Gasteiger partial charge in [0.25, 0.3) is 0 Å². The summed E-state index contributed by atoms with van der Waals surface area (Å²) >= 11 is 1.54. The van der Waals surface area contributed by atoms with E-state index in [-0.39, 0.29) is 24.7 Å². The standard InChI is InChI=1S/C11H19N3O2S/c1-7(4-5-15)13-11(16)14-9(3)10-12-8(2)6-17-10/h6-7,9,15H,4-5H2,1-3H3,(H2,13,14,16)/t7-,9?/m1/s1. The first kappa shape index (κ1) is 13.9. The molecule has 0 aromatic carbocycles. The maximum atomic E-state index is 11.6. The number of carbonyl (C=O) groups excluding carboxylic acids is 1. The van der Waals surface area contributed by atoms with Gasteiger partial charge in [-0.25, -0.2) is 9.78 Å². The third kappa shape index (κ3) is 4.70. The third-order valence-electron chi connectivity index (χ3n) is 2.29. The average molecular weight is 257 g/mol. The van der Waals surface area contributed by atoms with Crippen LogP contribution in [0.25, 0.3) is 0 Å². The highest BCUT2D eigenvalue weighted by Gasteiger charge is 2.13. The number of thiazole rings is 1. The number of urea groups is 1. The molecule has 0 bridgehead atoms. The zero-order valence-corrected chi connectivity index (χ0v) is 11.2. The molecule has 5 nitrogen and oxygen atoms in total. The molecule has 2 atom stereocenters. The minimum atomic E-state index is -0.230. The van der Waals surface area contributed by atoms with E-state index < -0.39 is 0 Å². The molecule has 0 fully saturated rings. The minimum Gasteiger partial charge on any atom is -0.396 e. The largest absolute Gasteiger partial charge is 0.396 e. The number of amides is 2. The van der Waals surface area contributed by atoms with Crippen LogP contribution in [0.2, 0.25) is 0 Å². The van der Waals surface area contributed by atoms with Gasteiger partial charge in [-0.05, 0) is 27.2 Å². The van der Waals surface area contributed by atoms with E-state index in [1.807, 2.05) is 26.2 Å². The molecule has 0 aliphatic carbocycles. The lowest BCUT2D eigenvalue weighted by atomic mass is 10.2. The molecule has 0 aliphatic rings. The van der Waals surface area contributed by atoms with Gasteiger partial charge in [-0.3, -0.25) is 0 Å². The molecule has 6 heteroatoms. The van der Waals surface area contributed by atoms with Crippen LogP contribution in [-0.4, -0.2) is 28.8 Å². The zero-order valence-electron chi connectivity index (χ0n) is 10.4. The Morgan fingerprint density at radius 1 is 1.53 bits per heavy atom. The topological polar surface area (TPSA) is 74.2 Å². The average Bonchev–Trinajstić information content (AvgIpc) is 2.64. The van der Waals surface area contributed by atoms with Gasteiger partial charge in [-0.1, -0.05) is 0 Å². The first-order valence-corrected chi connectivity index (χ1v) is 6.50. The molecule has 17 heavy (non-hydrogen) atoms. The number of hydrogen-bond acceptors (Lipinski definition) is 4. The van der Waals surface area contributed by atoms with Crippen molar-refractivity contribution in [1.82, 2.24) is 15.6 Å². The Labute approximate surface area is 105 Å². The van der Waals surface area contributed by atoms with Crippen molar-refractivity contribution in [3.8, 4) is 0 Å². The Bertz CT molecular complexity index is 367. The summed E-state index contributed by atoms with van der Waals surface area (Å²) < 4.78 is 0. The molecule has 3 N–H and O–H groups in total. The molecule has 0 radical (unpaired) electrons. The zero-order chi connectivity index (χ0) is 12.8. The Morgan fingerprint density at radius 3 is 2.76 bits per heavy atom. The molecular weight excluding hydrogens is 238 g/mol. The summed E-state index contributed by atoms with van der Waals surface area (Å²) in [5, 5.41) is 17.2. The SMILES string of the molecule is Cc1csc(C(C)NC(=O)N[C@H](C)CCO)n1. The van der Waals surface area contributed by atoms with Crippen molar-refractivity contribution in [3.63, 3.8) is 0 Å². The summed E-state index contributed by atoms with van der Waals surface area (Å²) in [6, 6.07) is -0.369. The van der Waals surface area contributed by atoms with E-state index in [0.717, 1.165) is 10.7 Å². The molecule has 0 spiro atoms. The van der Waals surface area contributed by atoms with Crippen molar-refractivity contribution in [1.29, 1.82) is 0 Å². The molecule has 0 aliphatic heterocycles. The Hall–Kier alpha value is -1.14. The number of rotatable bonds is 5. The third-order valence-corrected chi connectivity index (χ3v) is 3.44. The van der Waals surface area contributed by atoms with Crippen LogP contribution in [0.4, 0.5) is 4.79 Å². The van der Waals surface area contributed by atoms with Crippen LogP contribution in [0.15, 0.2) is 5.38 Å². The highest BCUT2D eigenvalue weighted by atomic mass is 32.1. The number of carbonyl (C=O) groups is 1. The Morgan fingerprint density at radius 2 is 2.24 bits per heavy atom. The summed E-state index contributed by atoms with van der Waals surface area (Å²) in [6.45, 7) is 5.75. The fourth-order valence-electron chi connectivity index (χ4n) is 1.36. The second-order valence-corrected chi connectivity index (χ2v) is 4.97. The Balaban J connectivity index is 2.40. The quantitative estimate of drug-likeness (QED) is 0.749.